The monoisotopic (exact) mass is 418 g/mol. The lowest BCUT2D eigenvalue weighted by Gasteiger charge is -2.13. The largest absolute Gasteiger partial charge is 0.462 e. The summed E-state index contributed by atoms with van der Waals surface area (Å²) in [6.07, 6.45) is 1.82. The lowest BCUT2D eigenvalue weighted by molar-refractivity contribution is -0.139. The van der Waals surface area contributed by atoms with Crippen molar-refractivity contribution in [2.75, 3.05) is 13.2 Å². The van der Waals surface area contributed by atoms with Gasteiger partial charge in [-0.1, -0.05) is 67.2 Å². The minimum atomic E-state index is -0.398. The van der Waals surface area contributed by atoms with E-state index < -0.39 is 5.97 Å². The van der Waals surface area contributed by atoms with Crippen molar-refractivity contribution in [1.82, 2.24) is 0 Å². The molecular formula is C27H27FO3. The Morgan fingerprint density at radius 2 is 1.68 bits per heavy atom. The number of hydrogen-bond donors (Lipinski definition) is 1. The first-order chi connectivity index (χ1) is 15.0. The highest BCUT2D eigenvalue weighted by atomic mass is 19.1. The Hall–Kier alpha value is -3.24. The number of esters is 1. The molecule has 0 saturated heterocycles. The van der Waals surface area contributed by atoms with Gasteiger partial charge in [-0.25, -0.2) is 9.18 Å². The van der Waals surface area contributed by atoms with Crippen LogP contribution >= 0.6 is 0 Å². The molecule has 0 aliphatic rings. The normalized spacial score (nSPS) is 10.7. The molecule has 3 rings (SSSR count). The van der Waals surface area contributed by atoms with Gasteiger partial charge in [0.25, 0.3) is 0 Å². The highest BCUT2D eigenvalue weighted by Gasteiger charge is 2.11. The number of aliphatic hydroxyl groups excluding tert-OH is 1. The van der Waals surface area contributed by atoms with Gasteiger partial charge in [0.1, 0.15) is 5.82 Å². The van der Waals surface area contributed by atoms with Crippen molar-refractivity contribution in [3.05, 3.63) is 95.8 Å². The lowest BCUT2D eigenvalue weighted by atomic mass is 9.94. The zero-order valence-corrected chi connectivity index (χ0v) is 17.7. The Balaban J connectivity index is 1.80. The Kier molecular flexibility index (Phi) is 7.74. The predicted molar refractivity (Wildman–Crippen MR) is 122 cm³/mol. The van der Waals surface area contributed by atoms with E-state index in [2.05, 4.69) is 6.58 Å². The van der Waals surface area contributed by atoms with Crippen molar-refractivity contribution in [2.24, 2.45) is 0 Å². The molecule has 31 heavy (non-hydrogen) atoms. The molecule has 0 aliphatic carbocycles. The van der Waals surface area contributed by atoms with Crippen molar-refractivity contribution in [3.63, 3.8) is 0 Å². The van der Waals surface area contributed by atoms with E-state index in [1.165, 1.54) is 0 Å². The van der Waals surface area contributed by atoms with Crippen LogP contribution in [0.15, 0.2) is 78.9 Å². The molecule has 0 aromatic heterocycles. The molecule has 3 aromatic rings. The maximum absolute atomic E-state index is 15.0. The first-order valence-corrected chi connectivity index (χ1v) is 10.4. The molecule has 0 aliphatic heterocycles. The van der Waals surface area contributed by atoms with E-state index in [9.17, 15) is 14.3 Å². The van der Waals surface area contributed by atoms with Gasteiger partial charge in [0.05, 0.1) is 6.61 Å². The van der Waals surface area contributed by atoms with Gasteiger partial charge in [0, 0.05) is 17.7 Å². The maximum Gasteiger partial charge on any atom is 0.333 e. The second kappa shape index (κ2) is 10.7. The first kappa shape index (κ1) is 22.4. The van der Waals surface area contributed by atoms with Gasteiger partial charge in [0.15, 0.2) is 0 Å². The number of carbonyl (C=O) groups excluding carboxylic acids is 1. The molecule has 0 saturated carbocycles. The predicted octanol–water partition coefficient (Wildman–Crippen LogP) is 5.75. The number of ether oxygens (including phenoxy) is 1. The Morgan fingerprint density at radius 3 is 2.35 bits per heavy atom. The molecule has 0 unspecified atom stereocenters. The van der Waals surface area contributed by atoms with E-state index in [0.29, 0.717) is 30.4 Å². The number of benzene rings is 3. The standard InChI is InChI=1S/C27H27FO3/c1-19(2)27(30)31-16-6-9-22-17-24(11-10-21(22)14-15-29)25-13-12-23(18-26(25)28)20-7-4-3-5-8-20/h3-5,7-8,10-13,17-18,29H,1,6,9,14-16H2,2H3. The topological polar surface area (TPSA) is 46.5 Å². The van der Waals surface area contributed by atoms with E-state index in [-0.39, 0.29) is 19.0 Å². The molecule has 0 heterocycles. The molecule has 3 aromatic carbocycles. The fraction of sp³-hybridized carbons (Fsp3) is 0.222. The van der Waals surface area contributed by atoms with Crippen LogP contribution in [0.3, 0.4) is 0 Å². The second-order valence-corrected chi connectivity index (χ2v) is 7.54. The van der Waals surface area contributed by atoms with Gasteiger partial charge < -0.3 is 9.84 Å². The van der Waals surface area contributed by atoms with Gasteiger partial charge >= 0.3 is 5.97 Å². The zero-order valence-electron chi connectivity index (χ0n) is 17.7. The average molecular weight is 419 g/mol. The van der Waals surface area contributed by atoms with Crippen LogP contribution in [0.4, 0.5) is 4.39 Å². The van der Waals surface area contributed by atoms with Crippen LogP contribution in [0.2, 0.25) is 0 Å². The van der Waals surface area contributed by atoms with Crippen LogP contribution in [-0.2, 0) is 22.4 Å². The summed E-state index contributed by atoms with van der Waals surface area (Å²) in [5.41, 5.74) is 5.52. The molecule has 1 N–H and O–H groups in total. The van der Waals surface area contributed by atoms with Crippen LogP contribution in [0.1, 0.15) is 24.5 Å². The molecule has 160 valence electrons. The van der Waals surface area contributed by atoms with Crippen molar-refractivity contribution >= 4 is 5.97 Å². The summed E-state index contributed by atoms with van der Waals surface area (Å²) < 4.78 is 20.1. The summed E-state index contributed by atoms with van der Waals surface area (Å²) in [6, 6.07) is 20.8. The fourth-order valence-corrected chi connectivity index (χ4v) is 3.50. The Morgan fingerprint density at radius 1 is 0.935 bits per heavy atom. The van der Waals surface area contributed by atoms with Crippen LogP contribution in [-0.4, -0.2) is 24.3 Å². The summed E-state index contributed by atoms with van der Waals surface area (Å²) in [7, 11) is 0. The van der Waals surface area contributed by atoms with Crippen molar-refractivity contribution in [1.29, 1.82) is 0 Å². The lowest BCUT2D eigenvalue weighted by Crippen LogP contribution is -2.07. The molecule has 0 radical (unpaired) electrons. The first-order valence-electron chi connectivity index (χ1n) is 10.4. The van der Waals surface area contributed by atoms with Gasteiger partial charge in [0.2, 0.25) is 0 Å². The van der Waals surface area contributed by atoms with Gasteiger partial charge in [-0.05, 0) is 60.1 Å². The highest BCUT2D eigenvalue weighted by Crippen LogP contribution is 2.30. The Labute approximate surface area is 182 Å². The number of halogens is 1. The van der Waals surface area contributed by atoms with E-state index >= 15 is 0 Å². The molecule has 4 heteroatoms. The third kappa shape index (κ3) is 5.89. The summed E-state index contributed by atoms with van der Waals surface area (Å²) in [4.78, 5) is 11.5. The molecule has 0 atom stereocenters. The number of hydrogen-bond acceptors (Lipinski definition) is 3. The van der Waals surface area contributed by atoms with E-state index in [0.717, 1.165) is 27.8 Å². The van der Waals surface area contributed by atoms with Crippen LogP contribution in [0.5, 0.6) is 0 Å². The van der Waals surface area contributed by atoms with Gasteiger partial charge in [-0.2, -0.15) is 0 Å². The molecule has 0 fully saturated rings. The molecule has 0 spiro atoms. The Bertz CT molecular complexity index is 1060. The summed E-state index contributed by atoms with van der Waals surface area (Å²) in [6.45, 7) is 5.51. The van der Waals surface area contributed by atoms with Crippen molar-refractivity contribution in [3.8, 4) is 22.3 Å². The van der Waals surface area contributed by atoms with Crippen LogP contribution in [0, 0.1) is 5.82 Å². The van der Waals surface area contributed by atoms with Crippen molar-refractivity contribution in [2.45, 2.75) is 26.2 Å². The smallest absolute Gasteiger partial charge is 0.333 e. The second-order valence-electron chi connectivity index (χ2n) is 7.54. The zero-order chi connectivity index (χ0) is 22.2. The third-order valence-electron chi connectivity index (χ3n) is 5.15. The molecule has 0 amide bonds. The van der Waals surface area contributed by atoms with E-state index in [4.69, 9.17) is 4.74 Å². The summed E-state index contributed by atoms with van der Waals surface area (Å²) in [5.74, 6) is -0.678. The number of aryl methyl sites for hydroxylation is 1. The SMILES string of the molecule is C=C(C)C(=O)OCCCc1cc(-c2ccc(-c3ccccc3)cc2F)ccc1CCO. The minimum Gasteiger partial charge on any atom is -0.462 e. The minimum absolute atomic E-state index is 0.0388. The molecule has 3 nitrogen and oxygen atoms in total. The number of carbonyl (C=O) groups is 1. The van der Waals surface area contributed by atoms with Crippen LogP contribution in [0.25, 0.3) is 22.3 Å². The molecular weight excluding hydrogens is 391 g/mol. The quantitative estimate of drug-likeness (QED) is 0.274. The van der Waals surface area contributed by atoms with Crippen LogP contribution < -0.4 is 0 Å². The summed E-state index contributed by atoms with van der Waals surface area (Å²) >= 11 is 0. The number of rotatable bonds is 9. The van der Waals surface area contributed by atoms with E-state index in [1.54, 1.807) is 19.1 Å². The van der Waals surface area contributed by atoms with Gasteiger partial charge in [-0.3, -0.25) is 0 Å². The third-order valence-corrected chi connectivity index (χ3v) is 5.15. The fourth-order valence-electron chi connectivity index (χ4n) is 3.50. The maximum atomic E-state index is 15.0. The highest BCUT2D eigenvalue weighted by molar-refractivity contribution is 5.86. The number of aliphatic hydroxyl groups is 1. The van der Waals surface area contributed by atoms with Gasteiger partial charge in [-0.15, -0.1) is 0 Å². The average Bonchev–Trinajstić information content (AvgIpc) is 2.78. The van der Waals surface area contributed by atoms with E-state index in [1.807, 2.05) is 54.6 Å². The van der Waals surface area contributed by atoms with Crippen molar-refractivity contribution < 1.29 is 19.0 Å². The summed E-state index contributed by atoms with van der Waals surface area (Å²) in [5, 5.41) is 9.38. The molecule has 0 bridgehead atoms.